The molecule has 3 aromatic rings. The number of hydrogen-bond donors (Lipinski definition) is 2. The number of aliphatic imine (C=N–C) groups is 1. The third kappa shape index (κ3) is 8.55. The number of hydrogen-bond acceptors (Lipinski definition) is 3. The Balaban J connectivity index is 1.37. The molecular weight excluding hydrogens is 398 g/mol. The van der Waals surface area contributed by atoms with E-state index >= 15 is 0 Å². The molecule has 0 aliphatic carbocycles. The maximum atomic E-state index is 5.77. The minimum Gasteiger partial charge on any atom is -0.381 e. The van der Waals surface area contributed by atoms with Gasteiger partial charge in [-0.3, -0.25) is 4.68 Å². The van der Waals surface area contributed by atoms with Crippen LogP contribution in [0.25, 0.3) is 0 Å². The van der Waals surface area contributed by atoms with Crippen LogP contribution in [0.5, 0.6) is 0 Å². The SMILES string of the molecule is CCNC(=NCc1ccccc1Cn1cccn1)NCCCCOCCc1ccccc1. The standard InChI is InChI=1S/C26H35N5O/c1-2-27-26(28-16-8-9-19-32-20-15-23-11-4-3-5-12-23)29-21-24-13-6-7-14-25(24)22-31-18-10-17-30-31/h3-7,10-14,17-18H,2,8-9,15-16,19-22H2,1H3,(H2,27,28,29). The summed E-state index contributed by atoms with van der Waals surface area (Å²) in [6, 6.07) is 20.8. The van der Waals surface area contributed by atoms with E-state index < -0.39 is 0 Å². The van der Waals surface area contributed by atoms with Gasteiger partial charge < -0.3 is 15.4 Å². The molecule has 6 nitrogen and oxygen atoms in total. The molecule has 1 heterocycles. The lowest BCUT2D eigenvalue weighted by atomic mass is 10.1. The summed E-state index contributed by atoms with van der Waals surface area (Å²) in [5, 5.41) is 11.1. The molecule has 0 bridgehead atoms. The van der Waals surface area contributed by atoms with Gasteiger partial charge in [-0.1, -0.05) is 54.6 Å². The van der Waals surface area contributed by atoms with Crippen molar-refractivity contribution in [2.45, 2.75) is 39.3 Å². The summed E-state index contributed by atoms with van der Waals surface area (Å²) in [6.45, 7) is 6.76. The third-order valence-corrected chi connectivity index (χ3v) is 5.15. The minimum atomic E-state index is 0.634. The lowest BCUT2D eigenvalue weighted by Gasteiger charge is -2.13. The fourth-order valence-corrected chi connectivity index (χ4v) is 3.41. The van der Waals surface area contributed by atoms with Gasteiger partial charge in [0.2, 0.25) is 0 Å². The fourth-order valence-electron chi connectivity index (χ4n) is 3.41. The molecule has 0 saturated heterocycles. The van der Waals surface area contributed by atoms with Gasteiger partial charge in [0.25, 0.3) is 0 Å². The van der Waals surface area contributed by atoms with Crippen LogP contribution >= 0.6 is 0 Å². The first-order valence-electron chi connectivity index (χ1n) is 11.5. The van der Waals surface area contributed by atoms with Gasteiger partial charge in [-0.2, -0.15) is 5.10 Å². The van der Waals surface area contributed by atoms with Gasteiger partial charge in [-0.25, -0.2) is 4.99 Å². The molecule has 0 unspecified atom stereocenters. The molecule has 0 fully saturated rings. The third-order valence-electron chi connectivity index (χ3n) is 5.15. The number of rotatable bonds is 13. The Morgan fingerprint density at radius 1 is 0.938 bits per heavy atom. The van der Waals surface area contributed by atoms with Crippen LogP contribution in [-0.2, 0) is 24.2 Å². The van der Waals surface area contributed by atoms with Gasteiger partial charge in [0.1, 0.15) is 0 Å². The van der Waals surface area contributed by atoms with Crippen molar-refractivity contribution in [3.8, 4) is 0 Å². The number of nitrogens with one attached hydrogen (secondary N) is 2. The molecule has 32 heavy (non-hydrogen) atoms. The first kappa shape index (κ1) is 23.5. The van der Waals surface area contributed by atoms with Crippen molar-refractivity contribution < 1.29 is 4.74 Å². The maximum absolute atomic E-state index is 5.77. The van der Waals surface area contributed by atoms with Crippen molar-refractivity contribution in [1.29, 1.82) is 0 Å². The molecule has 6 heteroatoms. The zero-order valence-electron chi connectivity index (χ0n) is 19.0. The Morgan fingerprint density at radius 3 is 2.53 bits per heavy atom. The molecule has 170 valence electrons. The summed E-state index contributed by atoms with van der Waals surface area (Å²) in [5.41, 5.74) is 3.78. The maximum Gasteiger partial charge on any atom is 0.191 e. The van der Waals surface area contributed by atoms with E-state index in [2.05, 4.69) is 71.2 Å². The summed E-state index contributed by atoms with van der Waals surface area (Å²) in [5.74, 6) is 0.853. The lowest BCUT2D eigenvalue weighted by Crippen LogP contribution is -2.37. The number of guanidine groups is 1. The van der Waals surface area contributed by atoms with E-state index in [-0.39, 0.29) is 0 Å². The van der Waals surface area contributed by atoms with E-state index in [0.717, 1.165) is 58.1 Å². The predicted molar refractivity (Wildman–Crippen MR) is 131 cm³/mol. The van der Waals surface area contributed by atoms with E-state index in [0.29, 0.717) is 6.54 Å². The first-order chi connectivity index (χ1) is 15.8. The first-order valence-corrected chi connectivity index (χ1v) is 11.5. The number of aromatic nitrogens is 2. The van der Waals surface area contributed by atoms with Crippen LogP contribution in [-0.4, -0.2) is 42.0 Å². The Hall–Kier alpha value is -3.12. The topological polar surface area (TPSA) is 63.5 Å². The van der Waals surface area contributed by atoms with Crippen LogP contribution in [0, 0.1) is 0 Å². The second-order valence-corrected chi connectivity index (χ2v) is 7.65. The largest absolute Gasteiger partial charge is 0.381 e. The van der Waals surface area contributed by atoms with E-state index in [9.17, 15) is 0 Å². The average molecular weight is 434 g/mol. The van der Waals surface area contributed by atoms with Crippen LogP contribution in [0.1, 0.15) is 36.5 Å². The van der Waals surface area contributed by atoms with Gasteiger partial charge in [0, 0.05) is 32.1 Å². The lowest BCUT2D eigenvalue weighted by molar-refractivity contribution is 0.133. The van der Waals surface area contributed by atoms with E-state index in [4.69, 9.17) is 9.73 Å². The Labute approximate surface area is 191 Å². The van der Waals surface area contributed by atoms with Crippen LogP contribution in [0.4, 0.5) is 0 Å². The highest BCUT2D eigenvalue weighted by Gasteiger charge is 2.04. The molecule has 0 aliphatic rings. The summed E-state index contributed by atoms with van der Waals surface area (Å²) in [7, 11) is 0. The molecule has 1 aromatic heterocycles. The molecule has 0 atom stereocenters. The van der Waals surface area contributed by atoms with Gasteiger partial charge in [0.05, 0.1) is 19.7 Å². The van der Waals surface area contributed by atoms with Crippen LogP contribution in [0.3, 0.4) is 0 Å². The van der Waals surface area contributed by atoms with Crippen molar-refractivity contribution in [2.24, 2.45) is 4.99 Å². The monoisotopic (exact) mass is 433 g/mol. The van der Waals surface area contributed by atoms with Crippen molar-refractivity contribution in [1.82, 2.24) is 20.4 Å². The number of nitrogens with zero attached hydrogens (tertiary/aromatic N) is 3. The molecule has 0 saturated carbocycles. The Morgan fingerprint density at radius 2 is 1.75 bits per heavy atom. The van der Waals surface area contributed by atoms with Gasteiger partial charge in [-0.15, -0.1) is 0 Å². The predicted octanol–water partition coefficient (Wildman–Crippen LogP) is 4.03. The Kier molecular flexibility index (Phi) is 10.3. The molecule has 0 aliphatic heterocycles. The molecule has 2 N–H and O–H groups in total. The van der Waals surface area contributed by atoms with E-state index in [1.54, 1.807) is 0 Å². The molecule has 0 amide bonds. The summed E-state index contributed by atoms with van der Waals surface area (Å²) in [4.78, 5) is 4.79. The highest BCUT2D eigenvalue weighted by Crippen LogP contribution is 2.11. The number of unbranched alkanes of at least 4 members (excludes halogenated alkanes) is 1. The normalized spacial score (nSPS) is 11.5. The van der Waals surface area contributed by atoms with Gasteiger partial charge in [0.15, 0.2) is 5.96 Å². The van der Waals surface area contributed by atoms with Crippen molar-refractivity contribution in [2.75, 3.05) is 26.3 Å². The van der Waals surface area contributed by atoms with E-state index in [1.807, 2.05) is 29.2 Å². The zero-order valence-corrected chi connectivity index (χ0v) is 19.0. The van der Waals surface area contributed by atoms with Crippen molar-refractivity contribution in [3.05, 3.63) is 89.7 Å². The highest BCUT2D eigenvalue weighted by atomic mass is 16.5. The van der Waals surface area contributed by atoms with Crippen molar-refractivity contribution in [3.63, 3.8) is 0 Å². The summed E-state index contributed by atoms with van der Waals surface area (Å²) < 4.78 is 7.71. The minimum absolute atomic E-state index is 0.634. The second-order valence-electron chi connectivity index (χ2n) is 7.65. The molecule has 0 spiro atoms. The van der Waals surface area contributed by atoms with Gasteiger partial charge in [-0.05, 0) is 48.9 Å². The van der Waals surface area contributed by atoms with Crippen molar-refractivity contribution >= 4 is 5.96 Å². The highest BCUT2D eigenvalue weighted by molar-refractivity contribution is 5.79. The average Bonchev–Trinajstić information content (AvgIpc) is 3.34. The molecule has 3 rings (SSSR count). The molecule has 2 aromatic carbocycles. The number of benzene rings is 2. The summed E-state index contributed by atoms with van der Waals surface area (Å²) in [6.07, 6.45) is 6.84. The second kappa shape index (κ2) is 14.0. The van der Waals surface area contributed by atoms with Crippen LogP contribution in [0.2, 0.25) is 0 Å². The Bertz CT molecular complexity index is 909. The zero-order chi connectivity index (χ0) is 22.3. The number of ether oxygens (including phenoxy) is 1. The van der Waals surface area contributed by atoms with E-state index in [1.165, 1.54) is 16.7 Å². The van der Waals surface area contributed by atoms with Crippen LogP contribution in [0.15, 0.2) is 78.0 Å². The fraction of sp³-hybridized carbons (Fsp3) is 0.385. The molecule has 0 radical (unpaired) electrons. The van der Waals surface area contributed by atoms with Gasteiger partial charge >= 0.3 is 0 Å². The quantitative estimate of drug-likeness (QED) is 0.243. The molecular formula is C26H35N5O. The summed E-state index contributed by atoms with van der Waals surface area (Å²) >= 11 is 0. The van der Waals surface area contributed by atoms with Crippen LogP contribution < -0.4 is 10.6 Å². The smallest absolute Gasteiger partial charge is 0.191 e.